The van der Waals surface area contributed by atoms with Crippen LogP contribution in [0.15, 0.2) is 54.6 Å². The van der Waals surface area contributed by atoms with Gasteiger partial charge < -0.3 is 5.32 Å². The van der Waals surface area contributed by atoms with E-state index in [9.17, 15) is 0 Å². The molecule has 0 bridgehead atoms. The van der Waals surface area contributed by atoms with Crippen LogP contribution >= 0.6 is 22.6 Å². The summed E-state index contributed by atoms with van der Waals surface area (Å²) in [5, 5.41) is 3.54. The van der Waals surface area contributed by atoms with E-state index in [0.29, 0.717) is 0 Å². The van der Waals surface area contributed by atoms with E-state index in [1.165, 1.54) is 14.7 Å². The fraction of sp³-hybridized carbons (Fsp3) is 0.200. The largest absolute Gasteiger partial charge is 0.307 e. The molecule has 0 aliphatic carbocycles. The maximum absolute atomic E-state index is 3.54. The van der Waals surface area contributed by atoms with Gasteiger partial charge in [-0.25, -0.2) is 0 Å². The first-order valence-corrected chi connectivity index (χ1v) is 6.93. The monoisotopic (exact) mass is 337 g/mol. The highest BCUT2D eigenvalue weighted by Crippen LogP contribution is 2.23. The van der Waals surface area contributed by atoms with Crippen molar-refractivity contribution >= 4 is 22.6 Å². The third kappa shape index (κ3) is 3.30. The van der Waals surface area contributed by atoms with Crippen molar-refractivity contribution in [3.8, 4) is 0 Å². The van der Waals surface area contributed by atoms with E-state index in [1.54, 1.807) is 0 Å². The van der Waals surface area contributed by atoms with Crippen molar-refractivity contribution in [1.29, 1.82) is 0 Å². The van der Waals surface area contributed by atoms with Gasteiger partial charge in [0.15, 0.2) is 0 Å². The van der Waals surface area contributed by atoms with Crippen LogP contribution in [0, 0.1) is 3.57 Å². The molecule has 17 heavy (non-hydrogen) atoms. The predicted octanol–water partition coefficient (Wildman–Crippen LogP) is 3.99. The van der Waals surface area contributed by atoms with Gasteiger partial charge in [0.05, 0.1) is 6.04 Å². The minimum atomic E-state index is 0.288. The number of halogens is 1. The summed E-state index contributed by atoms with van der Waals surface area (Å²) < 4.78 is 1.28. The fourth-order valence-electron chi connectivity index (χ4n) is 1.96. The average Bonchev–Trinajstić information content (AvgIpc) is 2.37. The van der Waals surface area contributed by atoms with E-state index in [-0.39, 0.29) is 6.04 Å². The van der Waals surface area contributed by atoms with E-state index in [4.69, 9.17) is 0 Å². The maximum Gasteiger partial charge on any atom is 0.0577 e. The first-order chi connectivity index (χ1) is 8.31. The minimum absolute atomic E-state index is 0.288. The lowest BCUT2D eigenvalue weighted by molar-refractivity contribution is 0.630. The number of nitrogens with one attached hydrogen (secondary N) is 1. The minimum Gasteiger partial charge on any atom is -0.307 e. The molecule has 2 aromatic rings. The topological polar surface area (TPSA) is 12.0 Å². The Morgan fingerprint density at radius 2 is 1.71 bits per heavy atom. The molecular weight excluding hydrogens is 321 g/mol. The van der Waals surface area contributed by atoms with Gasteiger partial charge in [-0.15, -0.1) is 0 Å². The highest BCUT2D eigenvalue weighted by molar-refractivity contribution is 14.1. The van der Waals surface area contributed by atoms with E-state index in [1.807, 2.05) is 0 Å². The molecule has 1 N–H and O–H groups in total. The predicted molar refractivity (Wildman–Crippen MR) is 81.1 cm³/mol. The summed E-state index contributed by atoms with van der Waals surface area (Å²) >= 11 is 2.36. The van der Waals surface area contributed by atoms with Crippen molar-refractivity contribution in [3.63, 3.8) is 0 Å². The van der Waals surface area contributed by atoms with Crippen LogP contribution in [0.1, 0.15) is 24.1 Å². The van der Waals surface area contributed by atoms with Crippen LogP contribution in [0.5, 0.6) is 0 Å². The third-order valence-electron chi connectivity index (χ3n) is 2.72. The van der Waals surface area contributed by atoms with E-state index in [0.717, 1.165) is 6.54 Å². The van der Waals surface area contributed by atoms with Gasteiger partial charge in [-0.3, -0.25) is 0 Å². The Labute approximate surface area is 116 Å². The van der Waals surface area contributed by atoms with E-state index in [2.05, 4.69) is 89.4 Å². The molecule has 0 amide bonds. The Morgan fingerprint density at radius 1 is 1.00 bits per heavy atom. The number of hydrogen-bond acceptors (Lipinski definition) is 1. The van der Waals surface area contributed by atoms with Crippen LogP contribution < -0.4 is 5.32 Å². The number of benzene rings is 2. The van der Waals surface area contributed by atoms with Crippen LogP contribution in [0.3, 0.4) is 0 Å². The van der Waals surface area contributed by atoms with Gasteiger partial charge in [0.25, 0.3) is 0 Å². The Hall–Kier alpha value is -0.870. The first-order valence-electron chi connectivity index (χ1n) is 5.85. The summed E-state index contributed by atoms with van der Waals surface area (Å²) in [7, 11) is 0. The summed E-state index contributed by atoms with van der Waals surface area (Å²) in [6.07, 6.45) is 0. The van der Waals surface area contributed by atoms with Gasteiger partial charge in [0.1, 0.15) is 0 Å². The molecule has 0 aromatic heterocycles. The number of hydrogen-bond donors (Lipinski definition) is 1. The zero-order valence-corrected chi connectivity index (χ0v) is 12.0. The molecule has 1 nitrogen and oxygen atoms in total. The van der Waals surface area contributed by atoms with Crippen molar-refractivity contribution in [2.75, 3.05) is 6.54 Å². The van der Waals surface area contributed by atoms with Gasteiger partial charge in [-0.2, -0.15) is 0 Å². The molecule has 1 atom stereocenters. The Bertz CT molecular complexity index is 467. The number of rotatable bonds is 4. The molecular formula is C15H16IN. The molecule has 0 fully saturated rings. The highest BCUT2D eigenvalue weighted by Gasteiger charge is 2.12. The molecule has 0 heterocycles. The van der Waals surface area contributed by atoms with Crippen molar-refractivity contribution in [1.82, 2.24) is 5.32 Å². The Morgan fingerprint density at radius 3 is 2.35 bits per heavy atom. The smallest absolute Gasteiger partial charge is 0.0577 e. The lowest BCUT2D eigenvalue weighted by Crippen LogP contribution is -2.21. The Balaban J connectivity index is 2.35. The van der Waals surface area contributed by atoms with Gasteiger partial charge in [-0.05, 0) is 52.4 Å². The first kappa shape index (κ1) is 12.6. The van der Waals surface area contributed by atoms with Gasteiger partial charge in [0, 0.05) is 3.57 Å². The van der Waals surface area contributed by atoms with Crippen LogP contribution in [-0.2, 0) is 0 Å². The Kier molecular flexibility index (Phi) is 4.57. The van der Waals surface area contributed by atoms with Gasteiger partial charge in [-0.1, -0.05) is 49.4 Å². The second-order valence-electron chi connectivity index (χ2n) is 3.96. The van der Waals surface area contributed by atoms with Crippen LogP contribution in [-0.4, -0.2) is 6.54 Å². The molecule has 2 rings (SSSR count). The van der Waals surface area contributed by atoms with Crippen LogP contribution in [0.25, 0.3) is 0 Å². The lowest BCUT2D eigenvalue weighted by atomic mass is 9.99. The standard InChI is InChI=1S/C15H16IN/c1-2-17-15(12-7-4-3-5-8-12)13-9-6-10-14(16)11-13/h3-11,15,17H,2H2,1H3. The summed E-state index contributed by atoms with van der Waals surface area (Å²) in [6.45, 7) is 3.11. The normalized spacial score (nSPS) is 12.4. The molecule has 2 heteroatoms. The van der Waals surface area contributed by atoms with Crippen molar-refractivity contribution in [2.45, 2.75) is 13.0 Å². The molecule has 0 aliphatic heterocycles. The van der Waals surface area contributed by atoms with Crippen molar-refractivity contribution in [2.24, 2.45) is 0 Å². The molecule has 0 radical (unpaired) electrons. The van der Waals surface area contributed by atoms with Crippen molar-refractivity contribution < 1.29 is 0 Å². The molecule has 1 unspecified atom stereocenters. The second-order valence-corrected chi connectivity index (χ2v) is 5.20. The summed E-state index contributed by atoms with van der Waals surface area (Å²) in [4.78, 5) is 0. The highest BCUT2D eigenvalue weighted by atomic mass is 127. The third-order valence-corrected chi connectivity index (χ3v) is 3.39. The van der Waals surface area contributed by atoms with Crippen LogP contribution in [0.4, 0.5) is 0 Å². The van der Waals surface area contributed by atoms with E-state index < -0.39 is 0 Å². The second kappa shape index (κ2) is 6.17. The zero-order chi connectivity index (χ0) is 12.1. The summed E-state index contributed by atoms with van der Waals surface area (Å²) in [5.74, 6) is 0. The van der Waals surface area contributed by atoms with Gasteiger partial charge in [0.2, 0.25) is 0 Å². The molecule has 0 spiro atoms. The summed E-state index contributed by atoms with van der Waals surface area (Å²) in [5.41, 5.74) is 2.64. The van der Waals surface area contributed by atoms with Gasteiger partial charge >= 0.3 is 0 Å². The average molecular weight is 337 g/mol. The van der Waals surface area contributed by atoms with Crippen molar-refractivity contribution in [3.05, 3.63) is 69.3 Å². The molecule has 0 aliphatic rings. The van der Waals surface area contributed by atoms with E-state index >= 15 is 0 Å². The fourth-order valence-corrected chi connectivity index (χ4v) is 2.53. The SMILES string of the molecule is CCNC(c1ccccc1)c1cccc(I)c1. The quantitative estimate of drug-likeness (QED) is 0.832. The lowest BCUT2D eigenvalue weighted by Gasteiger charge is -2.19. The zero-order valence-electron chi connectivity index (χ0n) is 9.86. The molecule has 2 aromatic carbocycles. The molecule has 0 saturated heterocycles. The molecule has 88 valence electrons. The van der Waals surface area contributed by atoms with Crippen LogP contribution in [0.2, 0.25) is 0 Å². The molecule has 0 saturated carbocycles. The maximum atomic E-state index is 3.54. The summed E-state index contributed by atoms with van der Waals surface area (Å²) in [6, 6.07) is 19.5.